The molecule has 1 fully saturated rings. The van der Waals surface area contributed by atoms with Gasteiger partial charge in [0.1, 0.15) is 36.8 Å². The quantitative estimate of drug-likeness (QED) is 0.441. The summed E-state index contributed by atoms with van der Waals surface area (Å²) in [7, 11) is 1.14. The van der Waals surface area contributed by atoms with Crippen LogP contribution in [0.15, 0.2) is 24.3 Å². The summed E-state index contributed by atoms with van der Waals surface area (Å²) in [6.45, 7) is 7.98. The van der Waals surface area contributed by atoms with Crippen LogP contribution < -0.4 is 9.47 Å². The van der Waals surface area contributed by atoms with Crippen molar-refractivity contribution in [3.63, 3.8) is 0 Å². The number of aliphatic hydroxyl groups is 3. The van der Waals surface area contributed by atoms with Gasteiger partial charge in [-0.05, 0) is 45.4 Å². The SMILES string of the molecule is CCOc1ccc(Cc2c(O[C@@H]3O[C@H](COC(=O)OC)[C@@H](O)[C@H](O)[C@H]3O)nn(C(C)C)c2C)cc1. The summed E-state index contributed by atoms with van der Waals surface area (Å²) in [5.74, 6) is 0.999. The summed E-state index contributed by atoms with van der Waals surface area (Å²) >= 11 is 0. The zero-order valence-corrected chi connectivity index (χ0v) is 20.6. The summed E-state index contributed by atoms with van der Waals surface area (Å²) < 4.78 is 28.2. The van der Waals surface area contributed by atoms with E-state index in [1.54, 1.807) is 4.68 Å². The lowest BCUT2D eigenvalue weighted by molar-refractivity contribution is -0.278. The van der Waals surface area contributed by atoms with Gasteiger partial charge in [0.15, 0.2) is 0 Å². The zero-order chi connectivity index (χ0) is 25.7. The fourth-order valence-corrected chi connectivity index (χ4v) is 3.87. The lowest BCUT2D eigenvalue weighted by Crippen LogP contribution is -2.60. The summed E-state index contributed by atoms with van der Waals surface area (Å²) in [5.41, 5.74) is 2.65. The second-order valence-corrected chi connectivity index (χ2v) is 8.56. The Hall–Kier alpha value is -2.86. The molecule has 2 heterocycles. The van der Waals surface area contributed by atoms with Gasteiger partial charge in [0.25, 0.3) is 0 Å². The van der Waals surface area contributed by atoms with Crippen molar-refractivity contribution >= 4 is 6.16 Å². The molecule has 1 aliphatic rings. The number of benzene rings is 1. The molecular formula is C24H34N2O9. The maximum absolute atomic E-state index is 11.3. The van der Waals surface area contributed by atoms with Crippen LogP contribution in [0, 0.1) is 6.92 Å². The Bertz CT molecular complexity index is 976. The number of carbonyl (C=O) groups is 1. The lowest BCUT2D eigenvalue weighted by atomic mass is 9.99. The topological polar surface area (TPSA) is 142 Å². The van der Waals surface area contributed by atoms with Gasteiger partial charge in [0.05, 0.1) is 13.7 Å². The Labute approximate surface area is 204 Å². The van der Waals surface area contributed by atoms with E-state index in [0.29, 0.717) is 13.0 Å². The van der Waals surface area contributed by atoms with Gasteiger partial charge in [0.2, 0.25) is 12.2 Å². The third kappa shape index (κ3) is 6.23. The van der Waals surface area contributed by atoms with Gasteiger partial charge in [0, 0.05) is 23.7 Å². The number of hydrogen-bond acceptors (Lipinski definition) is 10. The molecule has 1 aromatic carbocycles. The minimum atomic E-state index is -1.59. The first-order valence-corrected chi connectivity index (χ1v) is 11.5. The number of methoxy groups -OCH3 is 1. The van der Waals surface area contributed by atoms with Crippen LogP contribution >= 0.6 is 0 Å². The molecular weight excluding hydrogens is 460 g/mol. The number of nitrogens with zero attached hydrogens (tertiary/aromatic N) is 2. The second-order valence-electron chi connectivity index (χ2n) is 8.56. The third-order valence-corrected chi connectivity index (χ3v) is 5.77. The van der Waals surface area contributed by atoms with Gasteiger partial charge in [-0.2, -0.15) is 0 Å². The largest absolute Gasteiger partial charge is 0.508 e. The first-order valence-electron chi connectivity index (χ1n) is 11.5. The van der Waals surface area contributed by atoms with Gasteiger partial charge in [-0.3, -0.25) is 4.68 Å². The predicted octanol–water partition coefficient (Wildman–Crippen LogP) is 1.73. The highest BCUT2D eigenvalue weighted by Gasteiger charge is 2.46. The molecule has 0 spiro atoms. The Morgan fingerprint density at radius 1 is 1.14 bits per heavy atom. The number of aromatic nitrogens is 2. The van der Waals surface area contributed by atoms with Crippen LogP contribution in [0.5, 0.6) is 11.6 Å². The van der Waals surface area contributed by atoms with Crippen molar-refractivity contribution in [2.24, 2.45) is 0 Å². The van der Waals surface area contributed by atoms with Crippen LogP contribution in [0.2, 0.25) is 0 Å². The predicted molar refractivity (Wildman–Crippen MR) is 123 cm³/mol. The number of rotatable bonds is 9. The molecule has 35 heavy (non-hydrogen) atoms. The van der Waals surface area contributed by atoms with E-state index in [2.05, 4.69) is 9.84 Å². The second kappa shape index (κ2) is 11.7. The fourth-order valence-electron chi connectivity index (χ4n) is 3.87. The van der Waals surface area contributed by atoms with Crippen LogP contribution in [-0.2, 0) is 20.6 Å². The lowest BCUT2D eigenvalue weighted by Gasteiger charge is -2.39. The van der Waals surface area contributed by atoms with Crippen molar-refractivity contribution in [2.75, 3.05) is 20.3 Å². The number of hydrogen-bond donors (Lipinski definition) is 3. The highest BCUT2D eigenvalue weighted by molar-refractivity contribution is 5.59. The van der Waals surface area contributed by atoms with Crippen molar-refractivity contribution in [1.82, 2.24) is 9.78 Å². The van der Waals surface area contributed by atoms with Crippen LogP contribution in [0.1, 0.15) is 43.6 Å². The molecule has 2 aromatic rings. The molecule has 1 saturated heterocycles. The van der Waals surface area contributed by atoms with Crippen LogP contribution in [0.4, 0.5) is 4.79 Å². The Morgan fingerprint density at radius 3 is 2.43 bits per heavy atom. The van der Waals surface area contributed by atoms with Crippen LogP contribution in [0.3, 0.4) is 0 Å². The van der Waals surface area contributed by atoms with E-state index in [4.69, 9.17) is 18.9 Å². The Morgan fingerprint density at radius 2 is 1.83 bits per heavy atom. The van der Waals surface area contributed by atoms with E-state index < -0.39 is 43.5 Å². The van der Waals surface area contributed by atoms with E-state index in [9.17, 15) is 20.1 Å². The van der Waals surface area contributed by atoms with E-state index in [-0.39, 0.29) is 11.9 Å². The van der Waals surface area contributed by atoms with Crippen molar-refractivity contribution < 1.29 is 43.8 Å². The molecule has 0 amide bonds. The first kappa shape index (κ1) is 26.7. The molecule has 11 nitrogen and oxygen atoms in total. The normalized spacial score (nSPS) is 24.3. The maximum atomic E-state index is 11.3. The molecule has 5 atom stereocenters. The van der Waals surface area contributed by atoms with Crippen molar-refractivity contribution in [3.05, 3.63) is 41.1 Å². The van der Waals surface area contributed by atoms with Crippen molar-refractivity contribution in [1.29, 1.82) is 0 Å². The minimum absolute atomic E-state index is 0.0391. The molecule has 0 unspecified atom stereocenters. The van der Waals surface area contributed by atoms with E-state index in [0.717, 1.165) is 29.7 Å². The zero-order valence-electron chi connectivity index (χ0n) is 20.6. The van der Waals surface area contributed by atoms with Crippen molar-refractivity contribution in [3.8, 4) is 11.6 Å². The van der Waals surface area contributed by atoms with Gasteiger partial charge < -0.3 is 39.0 Å². The minimum Gasteiger partial charge on any atom is -0.494 e. The molecule has 1 aromatic heterocycles. The molecule has 194 valence electrons. The van der Waals surface area contributed by atoms with Gasteiger partial charge in [-0.1, -0.05) is 12.1 Å². The molecule has 3 N–H and O–H groups in total. The van der Waals surface area contributed by atoms with Crippen LogP contribution in [0.25, 0.3) is 0 Å². The Balaban J connectivity index is 1.84. The Kier molecular flexibility index (Phi) is 8.95. The molecule has 0 radical (unpaired) electrons. The smallest absolute Gasteiger partial charge is 0.494 e. The highest BCUT2D eigenvalue weighted by atomic mass is 16.7. The summed E-state index contributed by atoms with van der Waals surface area (Å²) in [5, 5.41) is 35.7. The molecule has 3 rings (SSSR count). The van der Waals surface area contributed by atoms with Crippen molar-refractivity contribution in [2.45, 2.75) is 70.9 Å². The fraction of sp³-hybridized carbons (Fsp3) is 0.583. The summed E-state index contributed by atoms with van der Waals surface area (Å²) in [6, 6.07) is 7.72. The van der Waals surface area contributed by atoms with E-state index in [1.807, 2.05) is 52.0 Å². The first-order chi connectivity index (χ1) is 16.7. The number of carbonyl (C=O) groups excluding carboxylic acids is 1. The summed E-state index contributed by atoms with van der Waals surface area (Å²) in [6.07, 6.45) is -7.67. The number of aliphatic hydroxyl groups excluding tert-OH is 3. The third-order valence-electron chi connectivity index (χ3n) is 5.77. The number of ether oxygens (including phenoxy) is 5. The van der Waals surface area contributed by atoms with Gasteiger partial charge in [-0.15, -0.1) is 5.10 Å². The molecule has 0 saturated carbocycles. The average molecular weight is 495 g/mol. The molecule has 0 aliphatic carbocycles. The highest BCUT2D eigenvalue weighted by Crippen LogP contribution is 2.31. The molecule has 0 bridgehead atoms. The van der Waals surface area contributed by atoms with E-state index >= 15 is 0 Å². The van der Waals surface area contributed by atoms with Crippen LogP contribution in [-0.4, -0.2) is 82.3 Å². The molecule has 1 aliphatic heterocycles. The molecule has 11 heteroatoms. The van der Waals surface area contributed by atoms with E-state index in [1.165, 1.54) is 0 Å². The van der Waals surface area contributed by atoms with Gasteiger partial charge in [-0.25, -0.2) is 4.79 Å². The monoisotopic (exact) mass is 494 g/mol. The summed E-state index contributed by atoms with van der Waals surface area (Å²) in [4.78, 5) is 11.3. The van der Waals surface area contributed by atoms with Gasteiger partial charge >= 0.3 is 6.16 Å². The standard InChI is InChI=1S/C24H34N2O9/c1-6-32-16-9-7-15(8-10-16)11-17-14(4)26(13(2)3)25-22(17)35-23-21(29)20(28)19(27)18(34-23)12-33-24(30)31-5/h7-10,13,18-21,23,27-29H,6,11-12H2,1-5H3/t18-,19-,20+,21-,23+/m1/s1. The maximum Gasteiger partial charge on any atom is 0.508 e. The average Bonchev–Trinajstić information content (AvgIpc) is 3.14.